The van der Waals surface area contributed by atoms with E-state index in [1.807, 2.05) is 13.0 Å². The summed E-state index contributed by atoms with van der Waals surface area (Å²) >= 11 is 5.00. The Morgan fingerprint density at radius 2 is 1.81 bits per heavy atom. The van der Waals surface area contributed by atoms with Crippen LogP contribution in [0, 0.1) is 6.92 Å². The number of anilines is 2. The Balaban J connectivity index is 2.34. The Kier molecular flexibility index (Phi) is 4.24. The van der Waals surface area contributed by atoms with Gasteiger partial charge in [0, 0.05) is 17.6 Å². The fraction of sp³-hybridized carbons (Fsp3) is 0.143. The first kappa shape index (κ1) is 15.4. The maximum atomic E-state index is 11.4. The van der Waals surface area contributed by atoms with E-state index in [0.717, 1.165) is 5.69 Å². The number of hydrogen-bond donors (Lipinski definition) is 2. The molecule has 7 heteroatoms. The minimum atomic E-state index is -3.20. The van der Waals surface area contributed by atoms with Crippen molar-refractivity contribution in [2.24, 2.45) is 5.73 Å². The zero-order chi connectivity index (χ0) is 15.6. The predicted octanol–water partition coefficient (Wildman–Crippen LogP) is 2.17. The van der Waals surface area contributed by atoms with Crippen molar-refractivity contribution in [2.45, 2.75) is 11.8 Å². The van der Waals surface area contributed by atoms with Crippen LogP contribution in [0.3, 0.4) is 0 Å². The second-order valence-corrected chi connectivity index (χ2v) is 7.09. The Morgan fingerprint density at radius 1 is 1.19 bits per heavy atom. The number of pyridine rings is 1. The van der Waals surface area contributed by atoms with E-state index in [2.05, 4.69) is 10.3 Å². The van der Waals surface area contributed by atoms with Crippen molar-refractivity contribution in [3.63, 3.8) is 0 Å². The van der Waals surface area contributed by atoms with Gasteiger partial charge in [-0.1, -0.05) is 12.2 Å². The molecule has 21 heavy (non-hydrogen) atoms. The highest BCUT2D eigenvalue weighted by Crippen LogP contribution is 2.21. The van der Waals surface area contributed by atoms with Crippen LogP contribution >= 0.6 is 12.2 Å². The molecule has 1 aromatic heterocycles. The average molecular weight is 321 g/mol. The lowest BCUT2D eigenvalue weighted by Gasteiger charge is -2.11. The van der Waals surface area contributed by atoms with Crippen molar-refractivity contribution in [1.82, 2.24) is 4.98 Å². The summed E-state index contributed by atoms with van der Waals surface area (Å²) in [5, 5.41) is 3.10. The monoisotopic (exact) mass is 321 g/mol. The normalized spacial score (nSPS) is 11.1. The molecule has 1 heterocycles. The molecule has 0 aliphatic rings. The maximum Gasteiger partial charge on any atom is 0.175 e. The predicted molar refractivity (Wildman–Crippen MR) is 87.7 cm³/mol. The quantitative estimate of drug-likeness (QED) is 0.840. The van der Waals surface area contributed by atoms with Crippen molar-refractivity contribution in [3.05, 3.63) is 47.7 Å². The van der Waals surface area contributed by atoms with Crippen molar-refractivity contribution in [1.29, 1.82) is 0 Å². The second-order valence-electron chi connectivity index (χ2n) is 4.63. The van der Waals surface area contributed by atoms with Crippen molar-refractivity contribution in [2.75, 3.05) is 11.6 Å². The minimum absolute atomic E-state index is 0.248. The summed E-state index contributed by atoms with van der Waals surface area (Å²) in [4.78, 5) is 4.88. The fourth-order valence-electron chi connectivity index (χ4n) is 1.77. The summed E-state index contributed by atoms with van der Waals surface area (Å²) in [5.41, 5.74) is 7.84. The number of nitrogens with zero attached hydrogens (tertiary/aromatic N) is 1. The number of aryl methyl sites for hydroxylation is 1. The third kappa shape index (κ3) is 3.77. The molecule has 0 spiro atoms. The van der Waals surface area contributed by atoms with Crippen LogP contribution in [0.15, 0.2) is 41.3 Å². The van der Waals surface area contributed by atoms with Gasteiger partial charge in [0.2, 0.25) is 0 Å². The van der Waals surface area contributed by atoms with Crippen LogP contribution in [0.2, 0.25) is 0 Å². The molecular formula is C14H15N3O2S2. The zero-order valence-corrected chi connectivity index (χ0v) is 13.3. The number of nitrogens with two attached hydrogens (primary N) is 1. The number of nitrogens with one attached hydrogen (secondary N) is 1. The Bertz CT molecular complexity index is 784. The Morgan fingerprint density at radius 3 is 2.33 bits per heavy atom. The largest absolute Gasteiger partial charge is 0.389 e. The summed E-state index contributed by atoms with van der Waals surface area (Å²) < 4.78 is 22.8. The van der Waals surface area contributed by atoms with Gasteiger partial charge in [-0.25, -0.2) is 13.4 Å². The third-order valence-electron chi connectivity index (χ3n) is 2.85. The first-order chi connectivity index (χ1) is 9.77. The SMILES string of the molecule is Cc1ccc(C(N)=S)c(Nc2ccc(S(C)(=O)=O)cc2)n1. The van der Waals surface area contributed by atoms with Crippen LogP contribution in [0.25, 0.3) is 0 Å². The Labute approximate surface area is 129 Å². The van der Waals surface area contributed by atoms with Crippen LogP contribution in [-0.4, -0.2) is 24.6 Å². The molecule has 110 valence electrons. The fourth-order valence-corrected chi connectivity index (χ4v) is 2.57. The topological polar surface area (TPSA) is 85.1 Å². The van der Waals surface area contributed by atoms with Crippen LogP contribution in [-0.2, 0) is 9.84 Å². The van der Waals surface area contributed by atoms with Gasteiger partial charge in [0.25, 0.3) is 0 Å². The molecule has 0 saturated heterocycles. The van der Waals surface area contributed by atoms with Crippen molar-refractivity contribution < 1.29 is 8.42 Å². The maximum absolute atomic E-state index is 11.4. The summed E-state index contributed by atoms with van der Waals surface area (Å²) in [6, 6.07) is 10.0. The number of benzene rings is 1. The molecule has 0 aliphatic carbocycles. The van der Waals surface area contributed by atoms with Gasteiger partial charge in [0.1, 0.15) is 10.8 Å². The van der Waals surface area contributed by atoms with Crippen LogP contribution in [0.5, 0.6) is 0 Å². The Hall–Kier alpha value is -1.99. The average Bonchev–Trinajstić information content (AvgIpc) is 2.38. The van der Waals surface area contributed by atoms with Gasteiger partial charge in [-0.3, -0.25) is 0 Å². The summed E-state index contributed by atoms with van der Waals surface area (Å²) in [5.74, 6) is 0.551. The van der Waals surface area contributed by atoms with Gasteiger partial charge < -0.3 is 11.1 Å². The molecule has 0 saturated carbocycles. The number of aromatic nitrogens is 1. The lowest BCUT2D eigenvalue weighted by molar-refractivity contribution is 0.602. The summed E-state index contributed by atoms with van der Waals surface area (Å²) in [6.07, 6.45) is 1.17. The molecule has 0 atom stereocenters. The minimum Gasteiger partial charge on any atom is -0.389 e. The smallest absolute Gasteiger partial charge is 0.175 e. The van der Waals surface area contributed by atoms with Crippen LogP contribution < -0.4 is 11.1 Å². The van der Waals surface area contributed by atoms with E-state index in [1.165, 1.54) is 18.4 Å². The molecule has 0 unspecified atom stereocenters. The number of hydrogen-bond acceptors (Lipinski definition) is 5. The molecule has 0 fully saturated rings. The van der Waals surface area contributed by atoms with Gasteiger partial charge in [-0.2, -0.15) is 0 Å². The summed E-state index contributed by atoms with van der Waals surface area (Å²) in [7, 11) is -3.20. The molecule has 1 aromatic carbocycles. The highest BCUT2D eigenvalue weighted by atomic mass is 32.2. The molecule has 0 bridgehead atoms. The van der Waals surface area contributed by atoms with Crippen molar-refractivity contribution >= 4 is 38.5 Å². The summed E-state index contributed by atoms with van der Waals surface area (Å²) in [6.45, 7) is 1.86. The van der Waals surface area contributed by atoms with Gasteiger partial charge in [0.15, 0.2) is 9.84 Å². The van der Waals surface area contributed by atoms with Crippen LogP contribution in [0.4, 0.5) is 11.5 Å². The number of rotatable bonds is 4. The first-order valence-corrected chi connectivity index (χ1v) is 8.42. The van der Waals surface area contributed by atoms with Crippen LogP contribution in [0.1, 0.15) is 11.3 Å². The molecule has 3 N–H and O–H groups in total. The molecule has 5 nitrogen and oxygen atoms in total. The highest BCUT2D eigenvalue weighted by molar-refractivity contribution is 7.90. The van der Waals surface area contributed by atoms with E-state index in [0.29, 0.717) is 17.1 Å². The van der Waals surface area contributed by atoms with Gasteiger partial charge in [-0.05, 0) is 43.3 Å². The number of sulfone groups is 1. The van der Waals surface area contributed by atoms with Gasteiger partial charge in [-0.15, -0.1) is 0 Å². The van der Waals surface area contributed by atoms with Gasteiger partial charge >= 0.3 is 0 Å². The van der Waals surface area contributed by atoms with E-state index in [4.69, 9.17) is 18.0 Å². The van der Waals surface area contributed by atoms with E-state index in [1.54, 1.807) is 18.2 Å². The van der Waals surface area contributed by atoms with Gasteiger partial charge in [0.05, 0.1) is 10.5 Å². The lowest BCUT2D eigenvalue weighted by Crippen LogP contribution is -2.13. The van der Waals surface area contributed by atoms with E-state index >= 15 is 0 Å². The molecule has 0 aliphatic heterocycles. The zero-order valence-electron chi connectivity index (χ0n) is 11.6. The molecule has 0 amide bonds. The van der Waals surface area contributed by atoms with E-state index in [-0.39, 0.29) is 9.88 Å². The van der Waals surface area contributed by atoms with E-state index in [9.17, 15) is 8.42 Å². The second kappa shape index (κ2) is 5.79. The lowest BCUT2D eigenvalue weighted by atomic mass is 10.2. The molecule has 2 rings (SSSR count). The molecule has 0 radical (unpaired) electrons. The third-order valence-corrected chi connectivity index (χ3v) is 4.19. The molecular weight excluding hydrogens is 306 g/mol. The first-order valence-electron chi connectivity index (χ1n) is 6.12. The van der Waals surface area contributed by atoms with E-state index < -0.39 is 9.84 Å². The number of thiocarbonyl (C=S) groups is 1. The standard InChI is InChI=1S/C14H15N3O2S2/c1-9-3-8-12(13(15)20)14(16-9)17-10-4-6-11(7-5-10)21(2,18)19/h3-8H,1-2H3,(H2,15,20)(H,16,17). The molecule has 2 aromatic rings. The highest BCUT2D eigenvalue weighted by Gasteiger charge is 2.09. The van der Waals surface area contributed by atoms with Crippen molar-refractivity contribution in [3.8, 4) is 0 Å².